The molecule has 0 amide bonds. The molecule has 0 radical (unpaired) electrons. The number of nitrogens with zero attached hydrogens (tertiary/aromatic N) is 6. The summed E-state index contributed by atoms with van der Waals surface area (Å²) in [7, 11) is 0. The fourth-order valence-electron chi connectivity index (χ4n) is 3.87. The Balaban J connectivity index is 1.63. The Morgan fingerprint density at radius 1 is 1.05 bits per heavy atom. The first-order chi connectivity index (χ1) is 17.8. The normalized spacial score (nSPS) is 11.8. The zero-order valence-electron chi connectivity index (χ0n) is 18.9. The van der Waals surface area contributed by atoms with E-state index in [0.29, 0.717) is 43.8 Å². The average molecular weight is 538 g/mol. The van der Waals surface area contributed by atoms with Gasteiger partial charge >= 0.3 is 0 Å². The molecule has 37 heavy (non-hydrogen) atoms. The van der Waals surface area contributed by atoms with Crippen LogP contribution in [0.15, 0.2) is 48.9 Å². The molecule has 0 bridgehead atoms. The smallest absolute Gasteiger partial charge is 0.249 e. The first-order valence-electron chi connectivity index (χ1n) is 10.7. The molecule has 0 unspecified atom stereocenters. The third-order valence-corrected chi connectivity index (χ3v) is 6.05. The highest BCUT2D eigenvalue weighted by molar-refractivity contribution is 6.36. The van der Waals surface area contributed by atoms with Crippen molar-refractivity contribution < 1.29 is 8.78 Å². The van der Waals surface area contributed by atoms with E-state index in [-0.39, 0.29) is 11.3 Å². The quantitative estimate of drug-likeness (QED) is 0.230. The van der Waals surface area contributed by atoms with Gasteiger partial charge in [-0.2, -0.15) is 25.1 Å². The highest BCUT2D eigenvalue weighted by Crippen LogP contribution is 2.37. The number of pyridine rings is 3. The van der Waals surface area contributed by atoms with Crippen molar-refractivity contribution in [2.24, 2.45) is 0 Å². The number of hydrogen-bond acceptors (Lipinski definition) is 8. The average Bonchev–Trinajstić information content (AvgIpc) is 3.40. The number of benzene rings is 1. The monoisotopic (exact) mass is 537 g/mol. The number of nitrogens with one attached hydrogen (secondary N) is 3. The highest BCUT2D eigenvalue weighted by Gasteiger charge is 2.21. The van der Waals surface area contributed by atoms with Gasteiger partial charge in [-0.15, -0.1) is 0 Å². The maximum absolute atomic E-state index is 13.8. The predicted molar refractivity (Wildman–Crippen MR) is 135 cm³/mol. The molecule has 0 aliphatic carbocycles. The van der Waals surface area contributed by atoms with Crippen molar-refractivity contribution >= 4 is 51.2 Å². The number of aromatic amines is 1. The Morgan fingerprint density at radius 2 is 1.89 bits per heavy atom. The Bertz CT molecular complexity index is 1670. The molecule has 5 aromatic rings. The Hall–Kier alpha value is -4.40. The lowest BCUT2D eigenvalue weighted by atomic mass is 10.0. The van der Waals surface area contributed by atoms with Gasteiger partial charge < -0.3 is 10.6 Å². The van der Waals surface area contributed by atoms with Crippen molar-refractivity contribution in [1.29, 1.82) is 5.26 Å². The first-order valence-corrected chi connectivity index (χ1v) is 11.5. The standard InChI is InChI=1S/C24H15Cl2F2N9/c1-11-15(2-3-20(26)33-11)23(19-10-32-37-36-19)34-13-4-16-21(35-14-6-18(27)24(28)31-9-14)12(7-29)8-30-22(16)17(25)5-13/h2-6,8-10,23,34H,1H3,(H,30,35)(H,32,36,37)/t23-/m0/s1. The third-order valence-electron chi connectivity index (χ3n) is 5.56. The molecule has 0 aliphatic rings. The Kier molecular flexibility index (Phi) is 6.52. The fraction of sp³-hybridized carbons (Fsp3) is 0.0833. The van der Waals surface area contributed by atoms with E-state index >= 15 is 0 Å². The SMILES string of the molecule is Cc1nc(Cl)ccc1[C@H](Nc1cc(Cl)c2ncc(C#N)c(Nc3cnc(F)c(F)c3)c2c1)c1cn[nH]n1. The second-order valence-electron chi connectivity index (χ2n) is 7.92. The summed E-state index contributed by atoms with van der Waals surface area (Å²) in [6.45, 7) is 1.82. The molecular weight excluding hydrogens is 523 g/mol. The van der Waals surface area contributed by atoms with E-state index in [0.717, 1.165) is 17.8 Å². The van der Waals surface area contributed by atoms with Crippen LogP contribution in [-0.2, 0) is 0 Å². The Morgan fingerprint density at radius 3 is 2.59 bits per heavy atom. The molecule has 0 spiro atoms. The van der Waals surface area contributed by atoms with Crippen LogP contribution in [-0.4, -0.2) is 30.4 Å². The highest BCUT2D eigenvalue weighted by atomic mass is 35.5. The van der Waals surface area contributed by atoms with E-state index in [9.17, 15) is 14.0 Å². The number of anilines is 3. The molecule has 4 heterocycles. The molecule has 13 heteroatoms. The minimum atomic E-state index is -1.23. The lowest BCUT2D eigenvalue weighted by Crippen LogP contribution is -2.15. The summed E-state index contributed by atoms with van der Waals surface area (Å²) < 4.78 is 27.1. The number of H-pyrrole nitrogens is 1. The third kappa shape index (κ3) is 4.84. The molecule has 4 aromatic heterocycles. The minimum Gasteiger partial charge on any atom is -0.373 e. The lowest BCUT2D eigenvalue weighted by molar-refractivity contribution is 0.480. The van der Waals surface area contributed by atoms with Gasteiger partial charge in [0.25, 0.3) is 0 Å². The molecule has 0 fully saturated rings. The number of aryl methyl sites for hydroxylation is 1. The summed E-state index contributed by atoms with van der Waals surface area (Å²) in [4.78, 5) is 12.0. The summed E-state index contributed by atoms with van der Waals surface area (Å²) in [6.07, 6.45) is 4.04. The van der Waals surface area contributed by atoms with E-state index < -0.39 is 17.8 Å². The molecule has 0 aliphatic heterocycles. The van der Waals surface area contributed by atoms with Crippen molar-refractivity contribution in [3.8, 4) is 6.07 Å². The molecular formula is C24H15Cl2F2N9. The fourth-order valence-corrected chi connectivity index (χ4v) is 4.33. The zero-order valence-corrected chi connectivity index (χ0v) is 20.4. The van der Waals surface area contributed by atoms with Crippen molar-refractivity contribution in [2.75, 3.05) is 10.6 Å². The number of fused-ring (bicyclic) bond motifs is 1. The second kappa shape index (κ2) is 9.93. The van der Waals surface area contributed by atoms with Crippen LogP contribution in [0.2, 0.25) is 10.2 Å². The molecule has 5 rings (SSSR count). The van der Waals surface area contributed by atoms with E-state index in [4.69, 9.17) is 23.2 Å². The Labute approximate surface area is 218 Å². The molecule has 184 valence electrons. The predicted octanol–water partition coefficient (Wildman–Crippen LogP) is 5.85. The maximum atomic E-state index is 13.8. The van der Waals surface area contributed by atoms with Crippen LogP contribution in [0, 0.1) is 30.0 Å². The van der Waals surface area contributed by atoms with Gasteiger partial charge in [-0.25, -0.2) is 14.4 Å². The molecule has 9 nitrogen and oxygen atoms in total. The molecule has 0 saturated heterocycles. The van der Waals surface area contributed by atoms with Crippen LogP contribution in [0.5, 0.6) is 0 Å². The molecule has 1 atom stereocenters. The van der Waals surface area contributed by atoms with Gasteiger partial charge in [-0.1, -0.05) is 29.3 Å². The van der Waals surface area contributed by atoms with E-state index in [1.807, 2.05) is 13.0 Å². The topological polar surface area (TPSA) is 128 Å². The van der Waals surface area contributed by atoms with Crippen molar-refractivity contribution in [3.63, 3.8) is 0 Å². The summed E-state index contributed by atoms with van der Waals surface area (Å²) in [5.74, 6) is -2.37. The lowest BCUT2D eigenvalue weighted by Gasteiger charge is -2.21. The van der Waals surface area contributed by atoms with Gasteiger partial charge in [0.15, 0.2) is 5.82 Å². The van der Waals surface area contributed by atoms with Crippen LogP contribution in [0.3, 0.4) is 0 Å². The van der Waals surface area contributed by atoms with Gasteiger partial charge in [0.05, 0.1) is 45.9 Å². The minimum absolute atomic E-state index is 0.140. The molecule has 3 N–H and O–H groups in total. The van der Waals surface area contributed by atoms with Crippen molar-refractivity contribution in [3.05, 3.63) is 93.4 Å². The van der Waals surface area contributed by atoms with Crippen molar-refractivity contribution in [2.45, 2.75) is 13.0 Å². The first kappa shape index (κ1) is 24.3. The van der Waals surface area contributed by atoms with Gasteiger partial charge in [0.2, 0.25) is 5.95 Å². The second-order valence-corrected chi connectivity index (χ2v) is 8.71. The van der Waals surface area contributed by atoms with Gasteiger partial charge in [0.1, 0.15) is 16.9 Å². The number of halogens is 4. The van der Waals surface area contributed by atoms with Gasteiger partial charge in [-0.05, 0) is 25.1 Å². The molecule has 0 saturated carbocycles. The summed E-state index contributed by atoms with van der Waals surface area (Å²) in [5.41, 5.74) is 3.62. The number of rotatable bonds is 6. The summed E-state index contributed by atoms with van der Waals surface area (Å²) in [5, 5.41) is 27.9. The van der Waals surface area contributed by atoms with Crippen LogP contribution in [0.25, 0.3) is 10.9 Å². The van der Waals surface area contributed by atoms with Gasteiger partial charge in [-0.3, -0.25) is 4.98 Å². The van der Waals surface area contributed by atoms with Crippen LogP contribution in [0.4, 0.5) is 25.8 Å². The van der Waals surface area contributed by atoms with E-state index in [2.05, 4.69) is 47.1 Å². The van der Waals surface area contributed by atoms with Crippen LogP contribution < -0.4 is 10.6 Å². The number of hydrogen-bond donors (Lipinski definition) is 3. The number of aromatic nitrogens is 6. The van der Waals surface area contributed by atoms with E-state index in [1.165, 1.54) is 6.20 Å². The summed E-state index contributed by atoms with van der Waals surface area (Å²) in [6, 6.07) is 9.42. The maximum Gasteiger partial charge on any atom is 0.249 e. The largest absolute Gasteiger partial charge is 0.373 e. The zero-order chi connectivity index (χ0) is 26.1. The van der Waals surface area contributed by atoms with E-state index in [1.54, 1.807) is 24.4 Å². The summed E-state index contributed by atoms with van der Waals surface area (Å²) >= 11 is 12.6. The molecule has 1 aromatic carbocycles. The number of nitriles is 1. The van der Waals surface area contributed by atoms with Crippen LogP contribution >= 0.6 is 23.2 Å². The van der Waals surface area contributed by atoms with Crippen LogP contribution in [0.1, 0.15) is 28.6 Å². The van der Waals surface area contributed by atoms with Crippen molar-refractivity contribution in [1.82, 2.24) is 30.4 Å². The van der Waals surface area contributed by atoms with Gasteiger partial charge in [0, 0.05) is 34.6 Å².